The van der Waals surface area contributed by atoms with Crippen LogP contribution in [0.3, 0.4) is 0 Å². The quantitative estimate of drug-likeness (QED) is 0.535. The van der Waals surface area contributed by atoms with Crippen LogP contribution in [0, 0.1) is 0 Å². The number of hydrogen-bond acceptors (Lipinski definition) is 1. The molecule has 0 unspecified atom stereocenters. The highest BCUT2D eigenvalue weighted by Gasteiger charge is 2.02. The van der Waals surface area contributed by atoms with Gasteiger partial charge in [-0.15, -0.1) is 0 Å². The average Bonchev–Trinajstić information content (AvgIpc) is 1.93. The van der Waals surface area contributed by atoms with Crippen molar-refractivity contribution in [3.05, 3.63) is 11.6 Å². The maximum atomic E-state index is 10.7. The molecule has 0 aromatic carbocycles. The second-order valence-electron chi connectivity index (χ2n) is 2.40. The molecule has 0 spiro atoms. The first-order chi connectivity index (χ1) is 4.68. The number of allylic oxidation sites excluding steroid dienone is 1. The molecule has 1 aliphatic rings. The Morgan fingerprint density at radius 1 is 1.60 bits per heavy atom. The largest absolute Gasteiger partial charge is 0.341 e. The molecule has 0 fully saturated rings. The lowest BCUT2D eigenvalue weighted by Gasteiger charge is -1.95. The molecule has 1 aliphatic heterocycles. The number of nitrogens with zero attached hydrogens (tertiary/aromatic N) is 1. The van der Waals surface area contributed by atoms with Crippen molar-refractivity contribution in [3.8, 4) is 0 Å². The molecule has 54 valence electrons. The van der Waals surface area contributed by atoms with E-state index in [-0.39, 0.29) is 6.03 Å². The van der Waals surface area contributed by atoms with Crippen LogP contribution in [0.25, 0.3) is 0 Å². The highest BCUT2D eigenvalue weighted by atomic mass is 16.2. The summed E-state index contributed by atoms with van der Waals surface area (Å²) in [6.07, 6.45) is 1.90. The van der Waals surface area contributed by atoms with Gasteiger partial charge in [0.2, 0.25) is 0 Å². The van der Waals surface area contributed by atoms with Gasteiger partial charge in [-0.25, -0.2) is 4.79 Å². The Bertz CT molecular complexity index is 216. The lowest BCUT2D eigenvalue weighted by atomic mass is 10.2. The third kappa shape index (κ3) is 1.69. The van der Waals surface area contributed by atoms with Crippen molar-refractivity contribution in [2.45, 2.75) is 13.8 Å². The van der Waals surface area contributed by atoms with Gasteiger partial charge in [0.25, 0.3) is 0 Å². The lowest BCUT2D eigenvalue weighted by molar-refractivity contribution is 0.250. The van der Waals surface area contributed by atoms with E-state index < -0.39 is 0 Å². The summed E-state index contributed by atoms with van der Waals surface area (Å²) < 4.78 is 0. The predicted octanol–water partition coefficient (Wildman–Crippen LogP) is 1.12. The first kappa shape index (κ1) is 6.99. The maximum absolute atomic E-state index is 10.7. The highest BCUT2D eigenvalue weighted by Crippen LogP contribution is 1.96. The SMILES string of the molecule is CC1=CC(C)=NC(=O)NC1. The molecule has 1 rings (SSSR count). The normalized spacial score (nSPS) is 18.8. The van der Waals surface area contributed by atoms with Crippen LogP contribution in [0.15, 0.2) is 16.6 Å². The zero-order valence-electron chi connectivity index (χ0n) is 6.14. The van der Waals surface area contributed by atoms with Gasteiger partial charge in [-0.05, 0) is 19.9 Å². The Morgan fingerprint density at radius 2 is 2.30 bits per heavy atom. The van der Waals surface area contributed by atoms with Crippen LogP contribution in [-0.2, 0) is 0 Å². The Labute approximate surface area is 59.8 Å². The minimum Gasteiger partial charge on any atom is -0.332 e. The third-order valence-corrected chi connectivity index (χ3v) is 1.25. The monoisotopic (exact) mass is 138 g/mol. The topological polar surface area (TPSA) is 41.5 Å². The number of hydrogen-bond donors (Lipinski definition) is 1. The van der Waals surface area contributed by atoms with Crippen LogP contribution in [0.1, 0.15) is 13.8 Å². The van der Waals surface area contributed by atoms with Gasteiger partial charge in [-0.3, -0.25) is 0 Å². The van der Waals surface area contributed by atoms with Crippen molar-refractivity contribution in [2.24, 2.45) is 4.99 Å². The summed E-state index contributed by atoms with van der Waals surface area (Å²) >= 11 is 0. The lowest BCUT2D eigenvalue weighted by Crippen LogP contribution is -2.20. The molecule has 10 heavy (non-hydrogen) atoms. The fourth-order valence-corrected chi connectivity index (χ4v) is 0.855. The Morgan fingerprint density at radius 3 is 3.00 bits per heavy atom. The van der Waals surface area contributed by atoms with E-state index in [2.05, 4.69) is 10.3 Å². The second-order valence-corrected chi connectivity index (χ2v) is 2.40. The van der Waals surface area contributed by atoms with Crippen molar-refractivity contribution in [3.63, 3.8) is 0 Å². The zero-order chi connectivity index (χ0) is 7.56. The van der Waals surface area contributed by atoms with Crippen molar-refractivity contribution in [1.29, 1.82) is 0 Å². The van der Waals surface area contributed by atoms with Crippen molar-refractivity contribution in [2.75, 3.05) is 6.54 Å². The second kappa shape index (κ2) is 2.64. The van der Waals surface area contributed by atoms with Gasteiger partial charge in [0.15, 0.2) is 0 Å². The zero-order valence-corrected chi connectivity index (χ0v) is 6.14. The summed E-state index contributed by atoms with van der Waals surface area (Å²) in [7, 11) is 0. The fraction of sp³-hybridized carbons (Fsp3) is 0.429. The van der Waals surface area contributed by atoms with Gasteiger partial charge in [0.05, 0.1) is 0 Å². The van der Waals surface area contributed by atoms with Crippen molar-refractivity contribution >= 4 is 11.7 Å². The summed E-state index contributed by atoms with van der Waals surface area (Å²) in [5.41, 5.74) is 1.90. The molecule has 0 radical (unpaired) electrons. The average molecular weight is 138 g/mol. The number of rotatable bonds is 0. The standard InChI is InChI=1S/C7H10N2O/c1-5-3-6(2)9-7(10)8-4-5/h3H,4H2,1-2H3,(H,8,10). The summed E-state index contributed by atoms with van der Waals surface area (Å²) in [6.45, 7) is 4.39. The Hall–Kier alpha value is -1.12. The number of aliphatic imine (C=N–C) groups is 1. The molecular formula is C7H10N2O. The predicted molar refractivity (Wildman–Crippen MR) is 40.3 cm³/mol. The summed E-state index contributed by atoms with van der Waals surface area (Å²) in [5.74, 6) is 0. The number of carbonyl (C=O) groups is 1. The van der Waals surface area contributed by atoms with Crippen LogP contribution in [0.4, 0.5) is 4.79 Å². The van der Waals surface area contributed by atoms with Crippen molar-refractivity contribution < 1.29 is 4.79 Å². The molecule has 3 heteroatoms. The molecule has 0 bridgehead atoms. The smallest absolute Gasteiger partial charge is 0.332 e. The molecule has 0 aromatic rings. The van der Waals surface area contributed by atoms with Gasteiger partial charge >= 0.3 is 6.03 Å². The van der Waals surface area contributed by atoms with Crippen LogP contribution < -0.4 is 5.32 Å². The van der Waals surface area contributed by atoms with E-state index in [1.54, 1.807) is 0 Å². The minimum atomic E-state index is -0.245. The molecular weight excluding hydrogens is 128 g/mol. The highest BCUT2D eigenvalue weighted by molar-refractivity contribution is 6.01. The van der Waals surface area contributed by atoms with E-state index in [1.807, 2.05) is 19.9 Å². The number of nitrogens with one attached hydrogen (secondary N) is 1. The molecule has 0 saturated carbocycles. The van der Waals surface area contributed by atoms with E-state index in [0.717, 1.165) is 11.3 Å². The first-order valence-electron chi connectivity index (χ1n) is 3.19. The molecule has 1 heterocycles. The van der Waals surface area contributed by atoms with Gasteiger partial charge < -0.3 is 5.32 Å². The van der Waals surface area contributed by atoms with E-state index in [4.69, 9.17) is 0 Å². The van der Waals surface area contributed by atoms with Gasteiger partial charge in [-0.1, -0.05) is 5.57 Å². The Balaban J connectivity index is 2.82. The molecule has 0 saturated heterocycles. The molecule has 2 amide bonds. The number of amides is 2. The van der Waals surface area contributed by atoms with E-state index in [9.17, 15) is 4.79 Å². The van der Waals surface area contributed by atoms with Gasteiger partial charge in [0, 0.05) is 12.3 Å². The van der Waals surface area contributed by atoms with Gasteiger partial charge in [-0.2, -0.15) is 4.99 Å². The first-order valence-corrected chi connectivity index (χ1v) is 3.19. The summed E-state index contributed by atoms with van der Waals surface area (Å²) in [4.78, 5) is 14.4. The van der Waals surface area contributed by atoms with Crippen LogP contribution in [0.2, 0.25) is 0 Å². The molecule has 0 aromatic heterocycles. The van der Waals surface area contributed by atoms with Crippen LogP contribution in [0.5, 0.6) is 0 Å². The van der Waals surface area contributed by atoms with E-state index in [1.165, 1.54) is 0 Å². The molecule has 3 nitrogen and oxygen atoms in total. The molecule has 1 N–H and O–H groups in total. The molecule has 0 aliphatic carbocycles. The number of urea groups is 1. The summed E-state index contributed by atoms with van der Waals surface area (Å²) in [6, 6.07) is -0.245. The fourth-order valence-electron chi connectivity index (χ4n) is 0.855. The third-order valence-electron chi connectivity index (χ3n) is 1.25. The molecule has 0 atom stereocenters. The Kier molecular flexibility index (Phi) is 1.85. The summed E-state index contributed by atoms with van der Waals surface area (Å²) in [5, 5.41) is 2.63. The minimum absolute atomic E-state index is 0.245. The van der Waals surface area contributed by atoms with Gasteiger partial charge in [0.1, 0.15) is 0 Å². The number of carbonyl (C=O) groups excluding carboxylic acids is 1. The van der Waals surface area contributed by atoms with Crippen LogP contribution >= 0.6 is 0 Å². The van der Waals surface area contributed by atoms with E-state index >= 15 is 0 Å². The van der Waals surface area contributed by atoms with Crippen LogP contribution in [-0.4, -0.2) is 18.3 Å². The van der Waals surface area contributed by atoms with E-state index in [0.29, 0.717) is 6.54 Å². The van der Waals surface area contributed by atoms with Crippen molar-refractivity contribution in [1.82, 2.24) is 5.32 Å². The maximum Gasteiger partial charge on any atom is 0.341 e.